The van der Waals surface area contributed by atoms with E-state index in [4.69, 9.17) is 0 Å². The molecule has 1 aromatic carbocycles. The van der Waals surface area contributed by atoms with Crippen molar-refractivity contribution < 1.29 is 17.9 Å². The van der Waals surface area contributed by atoms with Crippen molar-refractivity contribution in [3.8, 4) is 5.75 Å². The average Bonchev–Trinajstić information content (AvgIpc) is 2.43. The van der Waals surface area contributed by atoms with E-state index in [-0.39, 0.29) is 11.8 Å². The van der Waals surface area contributed by atoms with Crippen molar-refractivity contribution in [2.24, 2.45) is 0 Å². The van der Waals surface area contributed by atoms with Crippen LogP contribution in [0.1, 0.15) is 31.9 Å². The van der Waals surface area contributed by atoms with Gasteiger partial charge in [0.1, 0.15) is 5.75 Å². The summed E-state index contributed by atoms with van der Waals surface area (Å²) in [5, 5.41) is 3.07. The van der Waals surface area contributed by atoms with E-state index in [1.165, 1.54) is 6.07 Å². The van der Waals surface area contributed by atoms with Crippen LogP contribution in [0.3, 0.4) is 0 Å². The first-order valence-corrected chi connectivity index (χ1v) is 7.15. The molecule has 0 fully saturated rings. The molecule has 1 atom stereocenters. The maximum atomic E-state index is 12.5. The summed E-state index contributed by atoms with van der Waals surface area (Å²) in [5.74, 6) is -0.135. The first kappa shape index (κ1) is 17.8. The Labute approximate surface area is 124 Å². The van der Waals surface area contributed by atoms with Crippen LogP contribution in [0.2, 0.25) is 0 Å². The zero-order chi connectivity index (χ0) is 15.9. The lowest BCUT2D eigenvalue weighted by Crippen LogP contribution is -2.29. The van der Waals surface area contributed by atoms with Gasteiger partial charge in [-0.05, 0) is 39.2 Å². The number of hydrogen-bond donors (Lipinski definition) is 1. The lowest BCUT2D eigenvalue weighted by molar-refractivity contribution is -0.275. The molecule has 1 N–H and O–H groups in total. The number of para-hydroxylation sites is 1. The first-order valence-electron chi connectivity index (χ1n) is 7.15. The van der Waals surface area contributed by atoms with Crippen LogP contribution in [0.4, 0.5) is 13.2 Å². The largest absolute Gasteiger partial charge is 0.573 e. The molecule has 0 heterocycles. The van der Waals surface area contributed by atoms with Crippen molar-refractivity contribution in [1.82, 2.24) is 10.2 Å². The Kier molecular flexibility index (Phi) is 6.98. The minimum absolute atomic E-state index is 0.135. The molecule has 0 aliphatic carbocycles. The van der Waals surface area contributed by atoms with Crippen LogP contribution < -0.4 is 10.1 Å². The first-order chi connectivity index (χ1) is 9.91. The van der Waals surface area contributed by atoms with Gasteiger partial charge < -0.3 is 15.0 Å². The molecule has 0 aliphatic heterocycles. The molecule has 0 amide bonds. The molecular weight excluding hydrogens is 281 g/mol. The number of nitrogens with one attached hydrogen (secondary N) is 1. The highest BCUT2D eigenvalue weighted by atomic mass is 19.4. The van der Waals surface area contributed by atoms with Gasteiger partial charge in [0.05, 0.1) is 0 Å². The molecule has 0 saturated carbocycles. The number of benzene rings is 1. The van der Waals surface area contributed by atoms with Crippen molar-refractivity contribution in [3.63, 3.8) is 0 Å². The predicted octanol–water partition coefficient (Wildman–Crippen LogP) is 3.58. The molecule has 1 rings (SSSR count). The van der Waals surface area contributed by atoms with E-state index in [0.717, 1.165) is 26.1 Å². The number of hydrogen-bond acceptors (Lipinski definition) is 3. The van der Waals surface area contributed by atoms with Gasteiger partial charge in [0, 0.05) is 11.6 Å². The summed E-state index contributed by atoms with van der Waals surface area (Å²) in [6.45, 7) is 6.80. The number of ether oxygens (including phenoxy) is 1. The zero-order valence-electron chi connectivity index (χ0n) is 12.7. The maximum Gasteiger partial charge on any atom is 0.573 e. The third kappa shape index (κ3) is 5.93. The maximum absolute atomic E-state index is 12.5. The summed E-state index contributed by atoms with van der Waals surface area (Å²) in [7, 11) is 1.75. The smallest absolute Gasteiger partial charge is 0.405 e. The summed E-state index contributed by atoms with van der Waals surface area (Å²) >= 11 is 0. The predicted molar refractivity (Wildman–Crippen MR) is 77.3 cm³/mol. The van der Waals surface area contributed by atoms with E-state index >= 15 is 0 Å². The Bertz CT molecular complexity index is 420. The molecule has 6 heteroatoms. The lowest BCUT2D eigenvalue weighted by atomic mass is 10.0. The SMILES string of the molecule is CCN(CC)CCC(NC)c1ccccc1OC(F)(F)F. The van der Waals surface area contributed by atoms with Gasteiger partial charge >= 0.3 is 6.36 Å². The van der Waals surface area contributed by atoms with E-state index in [9.17, 15) is 13.2 Å². The Morgan fingerprint density at radius 2 is 1.81 bits per heavy atom. The van der Waals surface area contributed by atoms with Gasteiger partial charge in [0.15, 0.2) is 0 Å². The Hall–Kier alpha value is -1.27. The minimum atomic E-state index is -4.67. The van der Waals surface area contributed by atoms with Crippen LogP contribution >= 0.6 is 0 Å². The molecule has 3 nitrogen and oxygen atoms in total. The Balaban J connectivity index is 2.85. The molecule has 0 saturated heterocycles. The van der Waals surface area contributed by atoms with Crippen molar-refractivity contribution in [3.05, 3.63) is 29.8 Å². The highest BCUT2D eigenvalue weighted by Crippen LogP contribution is 2.31. The topological polar surface area (TPSA) is 24.5 Å². The van der Waals surface area contributed by atoms with Crippen LogP contribution in [0.5, 0.6) is 5.75 Å². The molecule has 1 aromatic rings. The molecule has 120 valence electrons. The fourth-order valence-electron chi connectivity index (χ4n) is 2.29. The lowest BCUT2D eigenvalue weighted by Gasteiger charge is -2.24. The van der Waals surface area contributed by atoms with E-state index < -0.39 is 6.36 Å². The Morgan fingerprint density at radius 1 is 1.19 bits per heavy atom. The summed E-state index contributed by atoms with van der Waals surface area (Å²) in [5.41, 5.74) is 0.532. The fourth-order valence-corrected chi connectivity index (χ4v) is 2.29. The van der Waals surface area contributed by atoms with Gasteiger partial charge in [0.2, 0.25) is 0 Å². The summed E-state index contributed by atoms with van der Waals surface area (Å²) in [6.07, 6.45) is -3.95. The highest BCUT2D eigenvalue weighted by Gasteiger charge is 2.32. The summed E-state index contributed by atoms with van der Waals surface area (Å²) in [4.78, 5) is 2.23. The van der Waals surface area contributed by atoms with Crippen molar-refractivity contribution >= 4 is 0 Å². The van der Waals surface area contributed by atoms with Crippen LogP contribution in [-0.4, -0.2) is 37.9 Å². The van der Waals surface area contributed by atoms with Gasteiger partial charge in [-0.1, -0.05) is 32.0 Å². The van der Waals surface area contributed by atoms with Crippen molar-refractivity contribution in [1.29, 1.82) is 0 Å². The van der Waals surface area contributed by atoms with Crippen molar-refractivity contribution in [2.75, 3.05) is 26.7 Å². The number of rotatable bonds is 8. The van der Waals surface area contributed by atoms with Gasteiger partial charge in [-0.15, -0.1) is 13.2 Å². The third-order valence-electron chi connectivity index (χ3n) is 3.50. The molecule has 1 unspecified atom stereocenters. The van der Waals surface area contributed by atoms with E-state index in [1.807, 2.05) is 0 Å². The van der Waals surface area contributed by atoms with Gasteiger partial charge in [-0.2, -0.15) is 0 Å². The summed E-state index contributed by atoms with van der Waals surface area (Å²) < 4.78 is 41.5. The zero-order valence-corrected chi connectivity index (χ0v) is 12.7. The van der Waals surface area contributed by atoms with Crippen LogP contribution in [0.25, 0.3) is 0 Å². The fraction of sp³-hybridized carbons (Fsp3) is 0.600. The number of halogens is 3. The van der Waals surface area contributed by atoms with Crippen LogP contribution in [0.15, 0.2) is 24.3 Å². The molecule has 0 aromatic heterocycles. The van der Waals surface area contributed by atoms with Crippen LogP contribution in [0, 0.1) is 0 Å². The quantitative estimate of drug-likeness (QED) is 0.794. The number of alkyl halides is 3. The minimum Gasteiger partial charge on any atom is -0.405 e. The van der Waals surface area contributed by atoms with Crippen molar-refractivity contribution in [2.45, 2.75) is 32.7 Å². The second-order valence-corrected chi connectivity index (χ2v) is 4.74. The highest BCUT2D eigenvalue weighted by molar-refractivity contribution is 5.36. The molecule has 21 heavy (non-hydrogen) atoms. The molecular formula is C15H23F3N2O. The summed E-state index contributed by atoms with van der Waals surface area (Å²) in [6, 6.07) is 6.11. The van der Waals surface area contributed by atoms with Gasteiger partial charge in [0.25, 0.3) is 0 Å². The van der Waals surface area contributed by atoms with E-state index in [2.05, 4.69) is 28.8 Å². The number of nitrogens with zero attached hydrogens (tertiary/aromatic N) is 1. The second-order valence-electron chi connectivity index (χ2n) is 4.74. The molecule has 0 radical (unpaired) electrons. The second kappa shape index (κ2) is 8.24. The van der Waals surface area contributed by atoms with Gasteiger partial charge in [-0.3, -0.25) is 0 Å². The van der Waals surface area contributed by atoms with E-state index in [1.54, 1.807) is 25.2 Å². The molecule has 0 spiro atoms. The van der Waals surface area contributed by atoms with Crippen LogP contribution in [-0.2, 0) is 0 Å². The monoisotopic (exact) mass is 304 g/mol. The average molecular weight is 304 g/mol. The van der Waals surface area contributed by atoms with E-state index in [0.29, 0.717) is 5.56 Å². The normalized spacial score (nSPS) is 13.5. The standard InChI is InChI=1S/C15H23F3N2O/c1-4-20(5-2)11-10-13(19-3)12-8-6-7-9-14(12)21-15(16,17)18/h6-9,13,19H,4-5,10-11H2,1-3H3. The molecule has 0 bridgehead atoms. The molecule has 0 aliphatic rings. The third-order valence-corrected chi connectivity index (χ3v) is 3.50. The van der Waals surface area contributed by atoms with Gasteiger partial charge in [-0.25, -0.2) is 0 Å². The Morgan fingerprint density at radius 3 is 2.33 bits per heavy atom.